The van der Waals surface area contributed by atoms with Crippen LogP contribution in [0.4, 0.5) is 13.2 Å². The number of nitrogens with zero attached hydrogens (tertiary/aromatic N) is 3. The molecule has 7 nitrogen and oxygen atoms in total. The third kappa shape index (κ3) is 6.33. The average molecular weight is 464 g/mol. The summed E-state index contributed by atoms with van der Waals surface area (Å²) in [4.78, 5) is 33.0. The third-order valence-corrected chi connectivity index (χ3v) is 5.32. The summed E-state index contributed by atoms with van der Waals surface area (Å²) in [7, 11) is 1.78. The van der Waals surface area contributed by atoms with Crippen LogP contribution in [0.15, 0.2) is 66.1 Å². The maximum absolute atomic E-state index is 12.5. The molecule has 0 saturated heterocycles. The predicted octanol–water partition coefficient (Wildman–Crippen LogP) is 3.53. The summed E-state index contributed by atoms with van der Waals surface area (Å²) in [5.74, 6) is -2.16. The van der Waals surface area contributed by atoms with E-state index in [0.717, 1.165) is 5.56 Å². The molecular formula is C21H19F3N4O3S. The zero-order valence-corrected chi connectivity index (χ0v) is 17.7. The molecule has 3 rings (SSSR count). The van der Waals surface area contributed by atoms with Gasteiger partial charge in [-0.1, -0.05) is 42.1 Å². The molecule has 0 radical (unpaired) electrons. The lowest BCUT2D eigenvalue weighted by Gasteiger charge is -2.19. The van der Waals surface area contributed by atoms with Crippen LogP contribution in [0.1, 0.15) is 27.8 Å². The van der Waals surface area contributed by atoms with Gasteiger partial charge >= 0.3 is 12.1 Å². The zero-order chi connectivity index (χ0) is 23.1. The number of carbonyl (C=O) groups is 2. The highest BCUT2D eigenvalue weighted by molar-refractivity contribution is 7.99. The number of aromatic nitrogens is 3. The number of hydrogen-bond donors (Lipinski definition) is 1. The minimum Gasteiger partial charge on any atom is -0.452 e. The SMILES string of the molecule is Cn1ccnc1C(NC(=O)COC(=O)c1cccnc1SCC(F)(F)F)c1ccccc1. The summed E-state index contributed by atoms with van der Waals surface area (Å²) >= 11 is 0.376. The van der Waals surface area contributed by atoms with Gasteiger partial charge in [-0.3, -0.25) is 4.79 Å². The smallest absolute Gasteiger partial charge is 0.398 e. The lowest BCUT2D eigenvalue weighted by Crippen LogP contribution is -2.34. The first-order chi connectivity index (χ1) is 15.2. The number of alkyl halides is 3. The maximum atomic E-state index is 12.5. The van der Waals surface area contributed by atoms with E-state index in [2.05, 4.69) is 15.3 Å². The van der Waals surface area contributed by atoms with Crippen LogP contribution in [0.3, 0.4) is 0 Å². The Morgan fingerprint density at radius 1 is 1.12 bits per heavy atom. The van der Waals surface area contributed by atoms with Crippen molar-refractivity contribution in [3.05, 3.63) is 78.0 Å². The highest BCUT2D eigenvalue weighted by Gasteiger charge is 2.29. The fourth-order valence-electron chi connectivity index (χ4n) is 2.82. The minimum atomic E-state index is -4.42. The van der Waals surface area contributed by atoms with Crippen LogP contribution in [-0.2, 0) is 16.6 Å². The molecule has 0 bridgehead atoms. The van der Waals surface area contributed by atoms with Crippen LogP contribution in [0.25, 0.3) is 0 Å². The number of halogens is 3. The van der Waals surface area contributed by atoms with Crippen molar-refractivity contribution in [1.29, 1.82) is 0 Å². The standard InChI is InChI=1S/C21H19F3N4O3S/c1-28-11-10-25-18(28)17(14-6-3-2-4-7-14)27-16(29)12-31-20(30)15-8-5-9-26-19(15)32-13-21(22,23)24/h2-11,17H,12-13H2,1H3,(H,27,29). The molecule has 0 aliphatic rings. The van der Waals surface area contributed by atoms with Gasteiger partial charge < -0.3 is 14.6 Å². The molecular weight excluding hydrogens is 445 g/mol. The second-order valence-electron chi connectivity index (χ2n) is 6.64. The Labute approximate surface area is 186 Å². The number of rotatable bonds is 8. The Bertz CT molecular complexity index is 1070. The van der Waals surface area contributed by atoms with Crippen LogP contribution < -0.4 is 5.32 Å². The summed E-state index contributed by atoms with van der Waals surface area (Å²) in [6.07, 6.45) is 0.195. The van der Waals surface area contributed by atoms with Crippen molar-refractivity contribution in [2.24, 2.45) is 7.05 Å². The largest absolute Gasteiger partial charge is 0.452 e. The Kier molecular flexibility index (Phi) is 7.52. The lowest BCUT2D eigenvalue weighted by atomic mass is 10.1. The monoisotopic (exact) mass is 464 g/mol. The second kappa shape index (κ2) is 10.3. The quantitative estimate of drug-likeness (QED) is 0.406. The summed E-state index contributed by atoms with van der Waals surface area (Å²) < 4.78 is 44.3. The van der Waals surface area contributed by atoms with Gasteiger partial charge in [-0.25, -0.2) is 14.8 Å². The molecule has 1 N–H and O–H groups in total. The highest BCUT2D eigenvalue weighted by atomic mass is 32.2. The van der Waals surface area contributed by atoms with Gasteiger partial charge in [0.2, 0.25) is 0 Å². The fraction of sp³-hybridized carbons (Fsp3) is 0.238. The van der Waals surface area contributed by atoms with Crippen molar-refractivity contribution >= 4 is 23.6 Å². The molecule has 11 heteroatoms. The molecule has 0 spiro atoms. The Hall–Kier alpha value is -3.34. The average Bonchev–Trinajstić information content (AvgIpc) is 3.20. The van der Waals surface area contributed by atoms with Gasteiger partial charge in [0, 0.05) is 25.6 Å². The number of pyridine rings is 1. The van der Waals surface area contributed by atoms with Crippen molar-refractivity contribution < 1.29 is 27.5 Å². The van der Waals surface area contributed by atoms with Crippen molar-refractivity contribution in [1.82, 2.24) is 19.9 Å². The topological polar surface area (TPSA) is 86.1 Å². The molecule has 1 atom stereocenters. The van der Waals surface area contributed by atoms with E-state index in [-0.39, 0.29) is 10.6 Å². The van der Waals surface area contributed by atoms with Crippen LogP contribution >= 0.6 is 11.8 Å². The van der Waals surface area contributed by atoms with E-state index < -0.39 is 36.5 Å². The molecule has 1 amide bonds. The molecule has 0 aliphatic carbocycles. The minimum absolute atomic E-state index is 0.120. The number of carbonyl (C=O) groups excluding carboxylic acids is 2. The number of thioether (sulfide) groups is 1. The maximum Gasteiger partial charge on any atom is 0.398 e. The van der Waals surface area contributed by atoms with Crippen molar-refractivity contribution in [2.45, 2.75) is 17.2 Å². The number of ether oxygens (including phenoxy) is 1. The highest BCUT2D eigenvalue weighted by Crippen LogP contribution is 2.28. The normalized spacial score (nSPS) is 12.2. The van der Waals surface area contributed by atoms with E-state index in [0.29, 0.717) is 17.6 Å². The van der Waals surface area contributed by atoms with Gasteiger partial charge in [0.25, 0.3) is 5.91 Å². The van der Waals surface area contributed by atoms with Gasteiger partial charge in [0.05, 0.1) is 11.3 Å². The number of benzene rings is 1. The van der Waals surface area contributed by atoms with Crippen LogP contribution in [-0.4, -0.2) is 44.9 Å². The van der Waals surface area contributed by atoms with Crippen LogP contribution in [0, 0.1) is 0 Å². The Morgan fingerprint density at radius 2 is 1.88 bits per heavy atom. The predicted molar refractivity (Wildman–Crippen MR) is 111 cm³/mol. The van der Waals surface area contributed by atoms with E-state index in [9.17, 15) is 22.8 Å². The van der Waals surface area contributed by atoms with Crippen LogP contribution in [0.2, 0.25) is 0 Å². The summed E-state index contributed by atoms with van der Waals surface area (Å²) in [6, 6.07) is 11.2. The fourth-order valence-corrected chi connectivity index (χ4v) is 3.56. The second-order valence-corrected chi connectivity index (χ2v) is 7.61. The third-order valence-electron chi connectivity index (χ3n) is 4.25. The van der Waals surface area contributed by atoms with E-state index in [1.807, 2.05) is 30.3 Å². The number of hydrogen-bond acceptors (Lipinski definition) is 6. The van der Waals surface area contributed by atoms with Crippen molar-refractivity contribution in [2.75, 3.05) is 12.4 Å². The van der Waals surface area contributed by atoms with E-state index in [1.54, 1.807) is 24.0 Å². The van der Waals surface area contributed by atoms with Crippen LogP contribution in [0.5, 0.6) is 0 Å². The Balaban J connectivity index is 1.66. The molecule has 2 heterocycles. The molecule has 1 aromatic carbocycles. The lowest BCUT2D eigenvalue weighted by molar-refractivity contribution is -0.124. The Morgan fingerprint density at radius 3 is 2.53 bits per heavy atom. The van der Waals surface area contributed by atoms with E-state index >= 15 is 0 Å². The number of aryl methyl sites for hydroxylation is 1. The van der Waals surface area contributed by atoms with Gasteiger partial charge in [-0.05, 0) is 17.7 Å². The first-order valence-electron chi connectivity index (χ1n) is 9.38. The van der Waals surface area contributed by atoms with Crippen molar-refractivity contribution in [3.63, 3.8) is 0 Å². The molecule has 0 fully saturated rings. The number of nitrogens with one attached hydrogen (secondary N) is 1. The molecule has 1 unspecified atom stereocenters. The molecule has 0 saturated carbocycles. The van der Waals surface area contributed by atoms with E-state index in [4.69, 9.17) is 4.74 Å². The summed E-state index contributed by atoms with van der Waals surface area (Å²) in [5.41, 5.74) is 0.637. The van der Waals surface area contributed by atoms with Crippen molar-refractivity contribution in [3.8, 4) is 0 Å². The van der Waals surface area contributed by atoms with Gasteiger partial charge in [-0.2, -0.15) is 13.2 Å². The van der Waals surface area contributed by atoms with Gasteiger partial charge in [-0.15, -0.1) is 0 Å². The molecule has 168 valence electrons. The zero-order valence-electron chi connectivity index (χ0n) is 16.9. The first kappa shape index (κ1) is 23.3. The molecule has 0 aliphatic heterocycles. The molecule has 3 aromatic rings. The van der Waals surface area contributed by atoms with Gasteiger partial charge in [0.15, 0.2) is 6.61 Å². The summed E-state index contributed by atoms with van der Waals surface area (Å²) in [5, 5.41) is 2.65. The molecule has 32 heavy (non-hydrogen) atoms. The number of esters is 1. The van der Waals surface area contributed by atoms with E-state index in [1.165, 1.54) is 18.3 Å². The number of amides is 1. The molecule has 2 aromatic heterocycles. The first-order valence-corrected chi connectivity index (χ1v) is 10.4. The van der Waals surface area contributed by atoms with Gasteiger partial charge in [0.1, 0.15) is 16.9 Å². The summed E-state index contributed by atoms with van der Waals surface area (Å²) in [6.45, 7) is -0.620. The number of imidazole rings is 1.